The maximum Gasteiger partial charge on any atom is 0.241 e. The molecule has 0 aliphatic carbocycles. The van der Waals surface area contributed by atoms with Crippen LogP contribution in [0.2, 0.25) is 0 Å². The molecule has 0 radical (unpaired) electrons. The van der Waals surface area contributed by atoms with E-state index in [4.69, 9.17) is 4.42 Å². The summed E-state index contributed by atoms with van der Waals surface area (Å²) in [5, 5.41) is 2.56. The molecule has 0 saturated carbocycles. The third kappa shape index (κ3) is 4.68. The lowest BCUT2D eigenvalue weighted by molar-refractivity contribution is -0.133. The van der Waals surface area contributed by atoms with Crippen molar-refractivity contribution in [2.45, 2.75) is 32.1 Å². The Labute approximate surface area is 147 Å². The van der Waals surface area contributed by atoms with Gasteiger partial charge in [-0.1, -0.05) is 30.3 Å². The van der Waals surface area contributed by atoms with Crippen LogP contribution in [0.3, 0.4) is 0 Å². The Bertz CT molecular complexity index is 727. The molecule has 6 heteroatoms. The van der Waals surface area contributed by atoms with Crippen molar-refractivity contribution in [1.82, 2.24) is 15.2 Å². The molecular weight excluding hydrogens is 318 g/mol. The van der Waals surface area contributed by atoms with Gasteiger partial charge in [0, 0.05) is 26.4 Å². The van der Waals surface area contributed by atoms with Crippen molar-refractivity contribution in [3.63, 3.8) is 0 Å². The number of nitrogens with one attached hydrogen (secondary N) is 1. The van der Waals surface area contributed by atoms with E-state index in [1.165, 1.54) is 12.5 Å². The van der Waals surface area contributed by atoms with E-state index in [2.05, 4.69) is 22.4 Å². The highest BCUT2D eigenvalue weighted by Gasteiger charge is 2.27. The summed E-state index contributed by atoms with van der Waals surface area (Å²) < 4.78 is 5.93. The summed E-state index contributed by atoms with van der Waals surface area (Å²) in [6, 6.07) is 10.1. The minimum Gasteiger partial charge on any atom is -0.445 e. The number of oxazole rings is 1. The first kappa shape index (κ1) is 17.2. The number of hydrogen-bond donors (Lipinski definition) is 1. The SMILES string of the molecule is CC(=O)NCC(=O)N1CCC[C@H](c2ncc(Cc3ccccc3)o2)C1. The number of likely N-dealkylation sites (tertiary alicyclic amines) is 1. The Kier molecular flexibility index (Phi) is 5.48. The fourth-order valence-corrected chi connectivity index (χ4v) is 3.11. The first-order chi connectivity index (χ1) is 12.1. The van der Waals surface area contributed by atoms with Gasteiger partial charge in [0.05, 0.1) is 18.7 Å². The zero-order valence-electron chi connectivity index (χ0n) is 14.4. The van der Waals surface area contributed by atoms with Crippen molar-refractivity contribution in [3.8, 4) is 0 Å². The van der Waals surface area contributed by atoms with Crippen LogP contribution in [-0.4, -0.2) is 41.3 Å². The smallest absolute Gasteiger partial charge is 0.241 e. The standard InChI is InChI=1S/C19H23N3O3/c1-14(23)20-12-18(24)22-9-5-8-16(13-22)19-21-11-17(25-19)10-15-6-3-2-4-7-15/h2-4,6-7,11,16H,5,8-10,12-13H2,1H3,(H,20,23)/t16-/m0/s1. The molecule has 2 heterocycles. The molecule has 0 bridgehead atoms. The molecule has 1 fully saturated rings. The number of aromatic nitrogens is 1. The Morgan fingerprint density at radius 3 is 2.88 bits per heavy atom. The van der Waals surface area contributed by atoms with Crippen molar-refractivity contribution in [1.29, 1.82) is 0 Å². The van der Waals surface area contributed by atoms with Gasteiger partial charge in [-0.25, -0.2) is 4.98 Å². The number of nitrogens with zero attached hydrogens (tertiary/aromatic N) is 2. The third-order valence-corrected chi connectivity index (χ3v) is 4.40. The van der Waals surface area contributed by atoms with E-state index in [1.807, 2.05) is 18.2 Å². The Balaban J connectivity index is 1.60. The summed E-state index contributed by atoms with van der Waals surface area (Å²) in [4.78, 5) is 29.4. The van der Waals surface area contributed by atoms with Gasteiger partial charge in [-0.2, -0.15) is 0 Å². The molecule has 6 nitrogen and oxygen atoms in total. The van der Waals surface area contributed by atoms with Gasteiger partial charge in [-0.3, -0.25) is 9.59 Å². The lowest BCUT2D eigenvalue weighted by Crippen LogP contribution is -2.44. The fraction of sp³-hybridized carbons (Fsp3) is 0.421. The Morgan fingerprint density at radius 2 is 2.12 bits per heavy atom. The summed E-state index contributed by atoms with van der Waals surface area (Å²) >= 11 is 0. The second kappa shape index (κ2) is 7.96. The van der Waals surface area contributed by atoms with Gasteiger partial charge in [0.15, 0.2) is 5.89 Å². The quantitative estimate of drug-likeness (QED) is 0.904. The molecule has 1 aromatic carbocycles. The van der Waals surface area contributed by atoms with E-state index >= 15 is 0 Å². The highest BCUT2D eigenvalue weighted by molar-refractivity contribution is 5.83. The highest BCUT2D eigenvalue weighted by Crippen LogP contribution is 2.27. The average Bonchev–Trinajstić information content (AvgIpc) is 3.09. The predicted molar refractivity (Wildman–Crippen MR) is 93.0 cm³/mol. The van der Waals surface area contributed by atoms with Crippen molar-refractivity contribution < 1.29 is 14.0 Å². The molecule has 2 amide bonds. The molecule has 132 valence electrons. The average molecular weight is 341 g/mol. The van der Waals surface area contributed by atoms with Crippen LogP contribution in [0.1, 0.15) is 42.9 Å². The lowest BCUT2D eigenvalue weighted by Gasteiger charge is -2.31. The van der Waals surface area contributed by atoms with Crippen LogP contribution >= 0.6 is 0 Å². The van der Waals surface area contributed by atoms with E-state index in [9.17, 15) is 9.59 Å². The van der Waals surface area contributed by atoms with Gasteiger partial charge in [-0.05, 0) is 18.4 Å². The van der Waals surface area contributed by atoms with Crippen molar-refractivity contribution in [2.24, 2.45) is 0 Å². The van der Waals surface area contributed by atoms with Crippen LogP contribution in [0.25, 0.3) is 0 Å². The Morgan fingerprint density at radius 1 is 1.32 bits per heavy atom. The predicted octanol–water partition coefficient (Wildman–Crippen LogP) is 2.11. The topological polar surface area (TPSA) is 75.4 Å². The van der Waals surface area contributed by atoms with Crippen LogP contribution in [0, 0.1) is 0 Å². The molecule has 1 aromatic heterocycles. The van der Waals surface area contributed by atoms with E-state index in [0.29, 0.717) is 25.4 Å². The van der Waals surface area contributed by atoms with Crippen LogP contribution in [0.15, 0.2) is 40.9 Å². The number of amides is 2. The van der Waals surface area contributed by atoms with Gasteiger partial charge in [-0.15, -0.1) is 0 Å². The van der Waals surface area contributed by atoms with Crippen molar-refractivity contribution >= 4 is 11.8 Å². The van der Waals surface area contributed by atoms with Gasteiger partial charge >= 0.3 is 0 Å². The molecule has 1 atom stereocenters. The summed E-state index contributed by atoms with van der Waals surface area (Å²) in [6.45, 7) is 2.76. The summed E-state index contributed by atoms with van der Waals surface area (Å²) in [6.07, 6.45) is 4.36. The molecular formula is C19H23N3O3. The molecule has 2 aromatic rings. The third-order valence-electron chi connectivity index (χ3n) is 4.40. The molecule has 1 saturated heterocycles. The van der Waals surface area contributed by atoms with E-state index < -0.39 is 0 Å². The molecule has 25 heavy (non-hydrogen) atoms. The first-order valence-electron chi connectivity index (χ1n) is 8.62. The monoisotopic (exact) mass is 341 g/mol. The van der Waals surface area contributed by atoms with E-state index in [-0.39, 0.29) is 24.3 Å². The number of carbonyl (C=O) groups is 2. The van der Waals surface area contributed by atoms with E-state index in [0.717, 1.165) is 18.6 Å². The number of piperidine rings is 1. The second-order valence-corrected chi connectivity index (χ2v) is 6.42. The molecule has 3 rings (SSSR count). The summed E-state index contributed by atoms with van der Waals surface area (Å²) in [5.74, 6) is 1.39. The number of hydrogen-bond acceptors (Lipinski definition) is 4. The minimum atomic E-state index is -0.194. The van der Waals surface area contributed by atoms with Gasteiger partial charge < -0.3 is 14.6 Å². The number of benzene rings is 1. The molecule has 0 spiro atoms. The van der Waals surface area contributed by atoms with Gasteiger partial charge in [0.1, 0.15) is 5.76 Å². The van der Waals surface area contributed by atoms with E-state index in [1.54, 1.807) is 11.1 Å². The lowest BCUT2D eigenvalue weighted by atomic mass is 9.98. The number of carbonyl (C=O) groups excluding carboxylic acids is 2. The van der Waals surface area contributed by atoms with Crippen LogP contribution in [0.4, 0.5) is 0 Å². The summed E-state index contributed by atoms with van der Waals surface area (Å²) in [5.41, 5.74) is 1.18. The van der Waals surface area contributed by atoms with Crippen LogP contribution in [0.5, 0.6) is 0 Å². The van der Waals surface area contributed by atoms with Crippen LogP contribution in [-0.2, 0) is 16.0 Å². The maximum atomic E-state index is 12.2. The van der Waals surface area contributed by atoms with Crippen LogP contribution < -0.4 is 5.32 Å². The minimum absolute atomic E-state index is 0.0485. The summed E-state index contributed by atoms with van der Waals surface area (Å²) in [7, 11) is 0. The second-order valence-electron chi connectivity index (χ2n) is 6.42. The van der Waals surface area contributed by atoms with Gasteiger partial charge in [0.25, 0.3) is 0 Å². The molecule has 1 aliphatic heterocycles. The molecule has 1 N–H and O–H groups in total. The highest BCUT2D eigenvalue weighted by atomic mass is 16.4. The van der Waals surface area contributed by atoms with Crippen molar-refractivity contribution in [3.05, 3.63) is 53.7 Å². The zero-order valence-corrected chi connectivity index (χ0v) is 14.4. The normalized spacial score (nSPS) is 17.3. The number of rotatable bonds is 5. The molecule has 1 aliphatic rings. The Hall–Kier alpha value is -2.63. The van der Waals surface area contributed by atoms with Crippen molar-refractivity contribution in [2.75, 3.05) is 19.6 Å². The largest absolute Gasteiger partial charge is 0.445 e. The van der Waals surface area contributed by atoms with Gasteiger partial charge in [0.2, 0.25) is 11.8 Å². The first-order valence-corrected chi connectivity index (χ1v) is 8.62. The molecule has 0 unspecified atom stereocenters. The maximum absolute atomic E-state index is 12.2. The zero-order chi connectivity index (χ0) is 17.6. The fourth-order valence-electron chi connectivity index (χ4n) is 3.11.